The molecule has 2 aromatic rings. The Labute approximate surface area is 208 Å². The second kappa shape index (κ2) is 14.8. The summed E-state index contributed by atoms with van der Waals surface area (Å²) in [6, 6.07) is 11.1. The van der Waals surface area contributed by atoms with Gasteiger partial charge in [-0.1, -0.05) is 37.6 Å². The Balaban J connectivity index is 1.85. The van der Waals surface area contributed by atoms with Crippen LogP contribution in [0.25, 0.3) is 0 Å². The van der Waals surface area contributed by atoms with Crippen LogP contribution in [0.2, 0.25) is 0 Å². The van der Waals surface area contributed by atoms with Crippen LogP contribution < -0.4 is 29.6 Å². The molecule has 0 aliphatic heterocycles. The van der Waals surface area contributed by atoms with E-state index in [9.17, 15) is 9.59 Å². The van der Waals surface area contributed by atoms with Gasteiger partial charge in [-0.05, 0) is 42.5 Å². The van der Waals surface area contributed by atoms with Crippen LogP contribution in [0, 0.1) is 0 Å². The summed E-state index contributed by atoms with van der Waals surface area (Å²) >= 11 is 0. The molecule has 0 bridgehead atoms. The van der Waals surface area contributed by atoms with Crippen molar-refractivity contribution in [3.8, 4) is 23.0 Å². The summed E-state index contributed by atoms with van der Waals surface area (Å²) in [6.45, 7) is 2.44. The Kier molecular flexibility index (Phi) is 11.7. The Morgan fingerprint density at radius 3 is 1.74 bits per heavy atom. The third-order valence-electron chi connectivity index (χ3n) is 5.76. The summed E-state index contributed by atoms with van der Waals surface area (Å²) < 4.78 is 21.5. The van der Waals surface area contributed by atoms with Crippen molar-refractivity contribution in [2.75, 3.05) is 35.0 Å². The Morgan fingerprint density at radius 2 is 1.29 bits per heavy atom. The molecule has 192 valence electrons. The van der Waals surface area contributed by atoms with Gasteiger partial charge in [0, 0.05) is 25.4 Å². The highest BCUT2D eigenvalue weighted by Crippen LogP contribution is 2.32. The molecule has 0 aromatic heterocycles. The fourth-order valence-corrected chi connectivity index (χ4v) is 4.00. The van der Waals surface area contributed by atoms with Crippen LogP contribution in [0.15, 0.2) is 36.4 Å². The molecule has 0 aliphatic carbocycles. The Bertz CT molecular complexity index is 963. The normalized spacial score (nSPS) is 11.3. The molecule has 0 heterocycles. The van der Waals surface area contributed by atoms with Crippen LogP contribution in [-0.2, 0) is 22.4 Å². The number of ether oxygens (including phenoxy) is 4. The molecular formula is C27H38N2O6. The monoisotopic (exact) mass is 486 g/mol. The van der Waals surface area contributed by atoms with E-state index in [1.165, 1.54) is 0 Å². The Morgan fingerprint density at radius 1 is 0.771 bits per heavy atom. The van der Waals surface area contributed by atoms with Gasteiger partial charge < -0.3 is 29.6 Å². The minimum atomic E-state index is -0.130. The van der Waals surface area contributed by atoms with Crippen molar-refractivity contribution >= 4 is 11.8 Å². The molecule has 2 aromatic carbocycles. The molecule has 2 N–H and O–H groups in total. The van der Waals surface area contributed by atoms with Gasteiger partial charge in [0.1, 0.15) is 0 Å². The number of hydrogen-bond donors (Lipinski definition) is 2. The summed E-state index contributed by atoms with van der Waals surface area (Å²) in [5.41, 5.74) is 1.82. The lowest BCUT2D eigenvalue weighted by Gasteiger charge is -2.19. The molecule has 8 nitrogen and oxygen atoms in total. The van der Waals surface area contributed by atoms with Crippen LogP contribution in [-0.4, -0.2) is 52.8 Å². The zero-order valence-electron chi connectivity index (χ0n) is 21.4. The zero-order chi connectivity index (χ0) is 25.6. The van der Waals surface area contributed by atoms with Crippen molar-refractivity contribution in [2.24, 2.45) is 0 Å². The maximum Gasteiger partial charge on any atom is 0.220 e. The molecule has 0 unspecified atom stereocenters. The van der Waals surface area contributed by atoms with E-state index >= 15 is 0 Å². The molecule has 0 fully saturated rings. The van der Waals surface area contributed by atoms with Gasteiger partial charge in [0.15, 0.2) is 23.0 Å². The first-order chi connectivity index (χ1) is 17.0. The third-order valence-corrected chi connectivity index (χ3v) is 5.76. The SMILES string of the molecule is CCC[C@H](CNC(=O)CCc1cccc(OC)c1OC)NC(=O)CCc1cccc(OC)c1OC. The van der Waals surface area contributed by atoms with E-state index in [4.69, 9.17) is 18.9 Å². The Hall–Kier alpha value is -3.42. The summed E-state index contributed by atoms with van der Waals surface area (Å²) in [5, 5.41) is 6.01. The quantitative estimate of drug-likeness (QED) is 0.399. The molecule has 2 rings (SSSR count). The molecule has 0 aliphatic rings. The molecular weight excluding hydrogens is 448 g/mol. The number of benzene rings is 2. The van der Waals surface area contributed by atoms with E-state index in [1.54, 1.807) is 28.4 Å². The van der Waals surface area contributed by atoms with Gasteiger partial charge >= 0.3 is 0 Å². The third kappa shape index (κ3) is 8.38. The highest BCUT2D eigenvalue weighted by atomic mass is 16.5. The standard InChI is InChI=1S/C27H38N2O6/c1-6-9-21(29-25(31)17-15-20-11-8-13-23(33-3)27(20)35-5)18-28-24(30)16-14-19-10-7-12-22(32-2)26(19)34-4/h7-8,10-13,21H,6,9,14-18H2,1-5H3,(H,28,30)(H,29,31)/t21-/m1/s1. The number of hydrogen-bond acceptors (Lipinski definition) is 6. The van der Waals surface area contributed by atoms with Gasteiger partial charge in [-0.2, -0.15) is 0 Å². The maximum atomic E-state index is 12.6. The highest BCUT2D eigenvalue weighted by molar-refractivity contribution is 5.78. The smallest absolute Gasteiger partial charge is 0.220 e. The maximum absolute atomic E-state index is 12.6. The second-order valence-corrected chi connectivity index (χ2v) is 8.16. The fourth-order valence-electron chi connectivity index (χ4n) is 4.00. The van der Waals surface area contributed by atoms with Crippen molar-refractivity contribution in [3.63, 3.8) is 0 Å². The van der Waals surface area contributed by atoms with Crippen LogP contribution in [0.4, 0.5) is 0 Å². The van der Waals surface area contributed by atoms with Crippen molar-refractivity contribution in [3.05, 3.63) is 47.5 Å². The van der Waals surface area contributed by atoms with Gasteiger partial charge in [0.25, 0.3) is 0 Å². The summed E-state index contributed by atoms with van der Waals surface area (Å²) in [7, 11) is 6.35. The van der Waals surface area contributed by atoms with Crippen molar-refractivity contribution in [1.82, 2.24) is 10.6 Å². The minimum Gasteiger partial charge on any atom is -0.493 e. The van der Waals surface area contributed by atoms with Crippen LogP contribution in [0.3, 0.4) is 0 Å². The van der Waals surface area contributed by atoms with Gasteiger partial charge in [0.05, 0.1) is 28.4 Å². The van der Waals surface area contributed by atoms with Gasteiger partial charge in [0.2, 0.25) is 11.8 Å². The molecule has 0 saturated heterocycles. The van der Waals surface area contributed by atoms with Gasteiger partial charge in [-0.15, -0.1) is 0 Å². The molecule has 1 atom stereocenters. The first-order valence-electron chi connectivity index (χ1n) is 11.9. The number of carbonyl (C=O) groups is 2. The number of rotatable bonds is 15. The van der Waals surface area contributed by atoms with Crippen molar-refractivity contribution in [1.29, 1.82) is 0 Å². The largest absolute Gasteiger partial charge is 0.493 e. The molecule has 0 spiro atoms. The first-order valence-corrected chi connectivity index (χ1v) is 11.9. The number of nitrogens with one attached hydrogen (secondary N) is 2. The van der Waals surface area contributed by atoms with Gasteiger partial charge in [-0.25, -0.2) is 0 Å². The number of amides is 2. The average molecular weight is 487 g/mol. The van der Waals surface area contributed by atoms with E-state index in [0.717, 1.165) is 24.0 Å². The zero-order valence-corrected chi connectivity index (χ0v) is 21.4. The predicted molar refractivity (Wildman–Crippen MR) is 136 cm³/mol. The summed E-state index contributed by atoms with van der Waals surface area (Å²) in [4.78, 5) is 25.1. The molecule has 2 amide bonds. The predicted octanol–water partition coefficient (Wildman–Crippen LogP) is 3.69. The molecule has 8 heteroatoms. The lowest BCUT2D eigenvalue weighted by Crippen LogP contribution is -2.43. The summed E-state index contributed by atoms with van der Waals surface area (Å²) in [5.74, 6) is 2.43. The second-order valence-electron chi connectivity index (χ2n) is 8.16. The number of carbonyl (C=O) groups excluding carboxylic acids is 2. The summed E-state index contributed by atoms with van der Waals surface area (Å²) in [6.07, 6.45) is 3.35. The number of aryl methyl sites for hydroxylation is 2. The lowest BCUT2D eigenvalue weighted by atomic mass is 10.1. The van der Waals surface area contributed by atoms with E-state index in [0.29, 0.717) is 55.2 Å². The topological polar surface area (TPSA) is 95.1 Å². The van der Waals surface area contributed by atoms with E-state index < -0.39 is 0 Å². The number of para-hydroxylation sites is 2. The lowest BCUT2D eigenvalue weighted by molar-refractivity contribution is -0.123. The van der Waals surface area contributed by atoms with Crippen molar-refractivity contribution < 1.29 is 28.5 Å². The van der Waals surface area contributed by atoms with Crippen molar-refractivity contribution in [2.45, 2.75) is 51.5 Å². The first kappa shape index (κ1) is 27.8. The molecule has 0 radical (unpaired) electrons. The number of methoxy groups -OCH3 is 4. The van der Waals surface area contributed by atoms with E-state index in [-0.39, 0.29) is 17.9 Å². The average Bonchev–Trinajstić information content (AvgIpc) is 2.88. The van der Waals surface area contributed by atoms with Crippen LogP contribution in [0.5, 0.6) is 23.0 Å². The highest BCUT2D eigenvalue weighted by Gasteiger charge is 2.16. The van der Waals surface area contributed by atoms with E-state index in [2.05, 4.69) is 17.6 Å². The van der Waals surface area contributed by atoms with Crippen LogP contribution in [0.1, 0.15) is 43.7 Å². The molecule has 0 saturated carbocycles. The minimum absolute atomic E-state index is 0.0660. The fraction of sp³-hybridized carbons (Fsp3) is 0.481. The van der Waals surface area contributed by atoms with Gasteiger partial charge in [-0.3, -0.25) is 9.59 Å². The van der Waals surface area contributed by atoms with Crippen LogP contribution >= 0.6 is 0 Å². The van der Waals surface area contributed by atoms with E-state index in [1.807, 2.05) is 36.4 Å². The molecule has 35 heavy (non-hydrogen) atoms.